The number of benzene rings is 2. The first-order chi connectivity index (χ1) is 12.5. The number of fused-ring (bicyclic) bond motifs is 1. The Morgan fingerprint density at radius 1 is 0.885 bits per heavy atom. The number of likely N-dealkylation sites (N-methyl/N-ethyl adjacent to an activating group) is 1. The molecule has 2 aromatic carbocycles. The molecule has 4 rings (SSSR count). The molecule has 1 aliphatic heterocycles. The third-order valence-electron chi connectivity index (χ3n) is 5.03. The van der Waals surface area contributed by atoms with Crippen LogP contribution in [0, 0.1) is 6.92 Å². The second kappa shape index (κ2) is 6.45. The molecule has 0 aliphatic carbocycles. The summed E-state index contributed by atoms with van der Waals surface area (Å²) in [7, 11) is -1.58. The maximum atomic E-state index is 13.5. The molecule has 0 atom stereocenters. The number of rotatable bonds is 3. The van der Waals surface area contributed by atoms with Crippen LogP contribution in [0.2, 0.25) is 0 Å². The molecule has 0 saturated carbocycles. The molecule has 0 N–H and O–H groups in total. The van der Waals surface area contributed by atoms with E-state index in [2.05, 4.69) is 16.8 Å². The Hall–Kier alpha value is -2.31. The standard InChI is InChI=1S/C20H23N3O2S/c1-16-7-9-18(10-8-16)26(24,25)23-19-6-4-3-5-17(19)15-20(23)22-13-11-21(2)12-14-22/h3-10,15H,11-14H2,1-2H3. The van der Waals surface area contributed by atoms with Crippen molar-refractivity contribution in [3.05, 3.63) is 60.2 Å². The largest absolute Gasteiger partial charge is 0.355 e. The number of nitrogens with zero attached hydrogens (tertiary/aromatic N) is 3. The molecule has 0 spiro atoms. The Balaban J connectivity index is 1.90. The topological polar surface area (TPSA) is 45.6 Å². The first-order valence-corrected chi connectivity index (χ1v) is 10.3. The summed E-state index contributed by atoms with van der Waals surface area (Å²) in [6, 6.07) is 16.7. The van der Waals surface area contributed by atoms with Gasteiger partial charge in [0.1, 0.15) is 5.82 Å². The Kier molecular flexibility index (Phi) is 4.25. The monoisotopic (exact) mass is 369 g/mol. The number of piperazine rings is 1. The van der Waals surface area contributed by atoms with Gasteiger partial charge in [-0.25, -0.2) is 12.4 Å². The Labute approximate surface area is 154 Å². The van der Waals surface area contributed by atoms with Crippen molar-refractivity contribution in [1.82, 2.24) is 8.87 Å². The maximum Gasteiger partial charge on any atom is 0.269 e. The molecule has 26 heavy (non-hydrogen) atoms. The van der Waals surface area contributed by atoms with Gasteiger partial charge in [0.25, 0.3) is 10.0 Å². The summed E-state index contributed by atoms with van der Waals surface area (Å²) < 4.78 is 28.5. The molecule has 5 nitrogen and oxygen atoms in total. The minimum absolute atomic E-state index is 0.319. The quantitative estimate of drug-likeness (QED) is 0.712. The highest BCUT2D eigenvalue weighted by molar-refractivity contribution is 7.90. The van der Waals surface area contributed by atoms with Gasteiger partial charge in [-0.2, -0.15) is 0 Å². The highest BCUT2D eigenvalue weighted by Crippen LogP contribution is 2.31. The normalized spacial score (nSPS) is 16.3. The SMILES string of the molecule is Cc1ccc(S(=O)(=O)n2c(N3CCN(C)CC3)cc3ccccc32)cc1. The van der Waals surface area contributed by atoms with Gasteiger partial charge in [-0.05, 0) is 38.2 Å². The van der Waals surface area contributed by atoms with Crippen molar-refractivity contribution in [1.29, 1.82) is 0 Å². The highest BCUT2D eigenvalue weighted by atomic mass is 32.2. The van der Waals surface area contributed by atoms with E-state index in [1.165, 1.54) is 3.97 Å². The average Bonchev–Trinajstić information content (AvgIpc) is 3.03. The first-order valence-electron chi connectivity index (χ1n) is 8.83. The highest BCUT2D eigenvalue weighted by Gasteiger charge is 2.27. The average molecular weight is 369 g/mol. The van der Waals surface area contributed by atoms with Crippen LogP contribution in [0.3, 0.4) is 0 Å². The van der Waals surface area contributed by atoms with Crippen LogP contribution >= 0.6 is 0 Å². The van der Waals surface area contributed by atoms with Gasteiger partial charge in [-0.3, -0.25) is 0 Å². The van der Waals surface area contributed by atoms with Crippen molar-refractivity contribution >= 4 is 26.7 Å². The lowest BCUT2D eigenvalue weighted by molar-refractivity contribution is 0.312. The molecular formula is C20H23N3O2S. The molecule has 0 unspecified atom stereocenters. The molecular weight excluding hydrogens is 346 g/mol. The van der Waals surface area contributed by atoms with Gasteiger partial charge < -0.3 is 9.80 Å². The van der Waals surface area contributed by atoms with E-state index in [0.29, 0.717) is 4.90 Å². The zero-order valence-electron chi connectivity index (χ0n) is 15.1. The summed E-state index contributed by atoms with van der Waals surface area (Å²) in [5.74, 6) is 0.750. The maximum absolute atomic E-state index is 13.5. The van der Waals surface area contributed by atoms with Gasteiger partial charge in [-0.15, -0.1) is 0 Å². The lowest BCUT2D eigenvalue weighted by Crippen LogP contribution is -2.45. The van der Waals surface area contributed by atoms with Gasteiger partial charge >= 0.3 is 0 Å². The predicted octanol–water partition coefficient (Wildman–Crippen LogP) is 2.94. The van der Waals surface area contributed by atoms with Crippen LogP contribution in [0.5, 0.6) is 0 Å². The fourth-order valence-corrected chi connectivity index (χ4v) is 4.97. The van der Waals surface area contributed by atoms with Crippen LogP contribution in [0.4, 0.5) is 5.82 Å². The zero-order chi connectivity index (χ0) is 18.3. The smallest absolute Gasteiger partial charge is 0.269 e. The second-order valence-corrected chi connectivity index (χ2v) is 8.72. The molecule has 1 saturated heterocycles. The summed E-state index contributed by atoms with van der Waals surface area (Å²) in [5.41, 5.74) is 1.77. The van der Waals surface area contributed by atoms with Crippen molar-refractivity contribution in [2.45, 2.75) is 11.8 Å². The van der Waals surface area contributed by atoms with Crippen LogP contribution in [0.25, 0.3) is 10.9 Å². The molecule has 2 heterocycles. The zero-order valence-corrected chi connectivity index (χ0v) is 15.9. The third-order valence-corrected chi connectivity index (χ3v) is 6.77. The lowest BCUT2D eigenvalue weighted by atomic mass is 10.2. The van der Waals surface area contributed by atoms with Crippen molar-refractivity contribution in [3.63, 3.8) is 0 Å². The fourth-order valence-electron chi connectivity index (χ4n) is 3.44. The molecule has 136 valence electrons. The van der Waals surface area contributed by atoms with E-state index in [1.54, 1.807) is 12.1 Å². The van der Waals surface area contributed by atoms with E-state index in [4.69, 9.17) is 0 Å². The Bertz CT molecular complexity index is 1030. The molecule has 3 aromatic rings. The number of aryl methyl sites for hydroxylation is 1. The van der Waals surface area contributed by atoms with E-state index in [9.17, 15) is 8.42 Å². The molecule has 1 aliphatic rings. The van der Waals surface area contributed by atoms with E-state index in [1.807, 2.05) is 49.4 Å². The van der Waals surface area contributed by atoms with Crippen molar-refractivity contribution in [3.8, 4) is 0 Å². The summed E-state index contributed by atoms with van der Waals surface area (Å²) in [5, 5.41) is 0.942. The van der Waals surface area contributed by atoms with Crippen LogP contribution in [0.15, 0.2) is 59.5 Å². The molecule has 0 amide bonds. The van der Waals surface area contributed by atoms with Crippen LogP contribution in [-0.2, 0) is 10.0 Å². The molecule has 1 fully saturated rings. The minimum Gasteiger partial charge on any atom is -0.355 e. The number of aromatic nitrogens is 1. The summed E-state index contributed by atoms with van der Waals surface area (Å²) in [6.45, 7) is 5.43. The Morgan fingerprint density at radius 3 is 2.23 bits per heavy atom. The lowest BCUT2D eigenvalue weighted by Gasteiger charge is -2.34. The van der Waals surface area contributed by atoms with Gasteiger partial charge in [0.15, 0.2) is 0 Å². The summed E-state index contributed by atoms with van der Waals surface area (Å²) in [4.78, 5) is 4.75. The molecule has 6 heteroatoms. The molecule has 0 bridgehead atoms. The summed E-state index contributed by atoms with van der Waals surface area (Å²) in [6.07, 6.45) is 0. The number of anilines is 1. The third kappa shape index (κ3) is 2.89. The van der Waals surface area contributed by atoms with E-state index < -0.39 is 10.0 Å². The van der Waals surface area contributed by atoms with Gasteiger partial charge in [0.2, 0.25) is 0 Å². The van der Waals surface area contributed by atoms with E-state index in [-0.39, 0.29) is 0 Å². The predicted molar refractivity (Wildman–Crippen MR) is 105 cm³/mol. The Morgan fingerprint density at radius 2 is 1.54 bits per heavy atom. The number of para-hydroxylation sites is 1. The number of hydrogen-bond acceptors (Lipinski definition) is 4. The van der Waals surface area contributed by atoms with E-state index in [0.717, 1.165) is 48.5 Å². The minimum atomic E-state index is -3.67. The summed E-state index contributed by atoms with van der Waals surface area (Å²) >= 11 is 0. The second-order valence-electron chi connectivity index (χ2n) is 6.93. The van der Waals surface area contributed by atoms with Crippen LogP contribution < -0.4 is 4.90 Å². The van der Waals surface area contributed by atoms with Gasteiger partial charge in [-0.1, -0.05) is 35.9 Å². The fraction of sp³-hybridized carbons (Fsp3) is 0.300. The number of hydrogen-bond donors (Lipinski definition) is 0. The van der Waals surface area contributed by atoms with Crippen molar-refractivity contribution in [2.75, 3.05) is 38.1 Å². The van der Waals surface area contributed by atoms with Gasteiger partial charge in [0.05, 0.1) is 10.4 Å². The van der Waals surface area contributed by atoms with Crippen molar-refractivity contribution < 1.29 is 8.42 Å². The van der Waals surface area contributed by atoms with Gasteiger partial charge in [0, 0.05) is 31.6 Å². The van der Waals surface area contributed by atoms with Crippen LogP contribution in [-0.4, -0.2) is 50.5 Å². The molecule has 0 radical (unpaired) electrons. The molecule has 1 aromatic heterocycles. The van der Waals surface area contributed by atoms with Crippen molar-refractivity contribution in [2.24, 2.45) is 0 Å². The van der Waals surface area contributed by atoms with Crippen LogP contribution in [0.1, 0.15) is 5.56 Å². The van der Waals surface area contributed by atoms with E-state index >= 15 is 0 Å². The first kappa shape index (κ1) is 17.1.